The Morgan fingerprint density at radius 3 is 2.45 bits per heavy atom. The number of hydrogen-bond acceptors (Lipinski definition) is 5. The molecule has 0 spiro atoms. The average molecular weight is 538 g/mol. The molecule has 2 atom stereocenters. The zero-order chi connectivity index (χ0) is 26.5. The SMILES string of the molecule is O=S(=O)(NCC1CCC(CNC2CCc3cc(O)ccc3C2Cc2cccnc2)CC1)c1ccccc1F. The number of aromatic hydroxyl groups is 1. The summed E-state index contributed by atoms with van der Waals surface area (Å²) in [7, 11) is -3.85. The van der Waals surface area contributed by atoms with Crippen molar-refractivity contribution in [1.29, 1.82) is 0 Å². The molecule has 8 heteroatoms. The van der Waals surface area contributed by atoms with Crippen molar-refractivity contribution in [2.24, 2.45) is 11.8 Å². The van der Waals surface area contributed by atoms with Crippen LogP contribution in [0.25, 0.3) is 0 Å². The number of phenols is 1. The van der Waals surface area contributed by atoms with Crippen LogP contribution in [-0.2, 0) is 22.9 Å². The number of aryl methyl sites for hydroxylation is 1. The van der Waals surface area contributed by atoms with Gasteiger partial charge in [-0.15, -0.1) is 0 Å². The summed E-state index contributed by atoms with van der Waals surface area (Å²) in [6.07, 6.45) is 10.6. The smallest absolute Gasteiger partial charge is 0.243 e. The van der Waals surface area contributed by atoms with Gasteiger partial charge < -0.3 is 10.4 Å². The van der Waals surface area contributed by atoms with E-state index in [4.69, 9.17) is 0 Å². The third-order valence-corrected chi connectivity index (χ3v) is 9.69. The number of phenolic OH excluding ortho intramolecular Hbond substituents is 1. The van der Waals surface area contributed by atoms with Crippen molar-refractivity contribution in [1.82, 2.24) is 15.0 Å². The lowest BCUT2D eigenvalue weighted by atomic mass is 9.75. The molecular weight excluding hydrogens is 501 g/mol. The Morgan fingerprint density at radius 2 is 1.71 bits per heavy atom. The lowest BCUT2D eigenvalue weighted by Gasteiger charge is -2.36. The first kappa shape index (κ1) is 26.8. The van der Waals surface area contributed by atoms with Gasteiger partial charge in [-0.05, 0) is 110 Å². The van der Waals surface area contributed by atoms with E-state index in [9.17, 15) is 17.9 Å². The normalized spacial score (nSPS) is 23.6. The highest BCUT2D eigenvalue weighted by Gasteiger charge is 2.31. The Hall–Kier alpha value is -2.81. The van der Waals surface area contributed by atoms with Gasteiger partial charge in [0, 0.05) is 30.9 Å². The van der Waals surface area contributed by atoms with Gasteiger partial charge in [0.05, 0.1) is 0 Å². The molecule has 202 valence electrons. The van der Waals surface area contributed by atoms with Crippen molar-refractivity contribution in [3.05, 3.63) is 89.5 Å². The molecule has 2 aliphatic carbocycles. The molecule has 2 unspecified atom stereocenters. The molecule has 1 saturated carbocycles. The molecule has 0 bridgehead atoms. The van der Waals surface area contributed by atoms with Crippen LogP contribution in [0.1, 0.15) is 54.7 Å². The number of benzene rings is 2. The Bertz CT molecular complexity index is 1330. The minimum atomic E-state index is -3.85. The van der Waals surface area contributed by atoms with E-state index in [1.165, 1.54) is 41.0 Å². The number of nitrogens with one attached hydrogen (secondary N) is 2. The summed E-state index contributed by atoms with van der Waals surface area (Å²) in [6, 6.07) is 15.7. The van der Waals surface area contributed by atoms with Crippen LogP contribution >= 0.6 is 0 Å². The minimum absolute atomic E-state index is 0.264. The Morgan fingerprint density at radius 1 is 0.947 bits per heavy atom. The molecule has 3 N–H and O–H groups in total. The lowest BCUT2D eigenvalue weighted by Crippen LogP contribution is -2.42. The molecule has 2 aliphatic rings. The van der Waals surface area contributed by atoms with E-state index in [2.05, 4.69) is 27.2 Å². The summed E-state index contributed by atoms with van der Waals surface area (Å²) in [4.78, 5) is 4.01. The molecule has 3 aromatic rings. The number of fused-ring (bicyclic) bond motifs is 1. The van der Waals surface area contributed by atoms with Crippen molar-refractivity contribution < 1.29 is 17.9 Å². The van der Waals surface area contributed by atoms with Crippen LogP contribution < -0.4 is 10.0 Å². The zero-order valence-electron chi connectivity index (χ0n) is 21.5. The molecule has 1 fully saturated rings. The molecule has 5 rings (SSSR count). The van der Waals surface area contributed by atoms with Crippen LogP contribution in [0.3, 0.4) is 0 Å². The van der Waals surface area contributed by atoms with Crippen molar-refractivity contribution >= 4 is 10.0 Å². The summed E-state index contributed by atoms with van der Waals surface area (Å²) < 4.78 is 41.6. The van der Waals surface area contributed by atoms with E-state index < -0.39 is 15.8 Å². The van der Waals surface area contributed by atoms with Crippen molar-refractivity contribution in [3.8, 4) is 5.75 Å². The van der Waals surface area contributed by atoms with Crippen LogP contribution in [-0.4, -0.2) is 37.6 Å². The van der Waals surface area contributed by atoms with Crippen molar-refractivity contribution in [2.45, 2.75) is 61.8 Å². The highest BCUT2D eigenvalue weighted by Crippen LogP contribution is 2.37. The molecule has 0 amide bonds. The molecule has 0 saturated heterocycles. The third kappa shape index (κ3) is 6.42. The number of halogens is 1. The van der Waals surface area contributed by atoms with Gasteiger partial charge >= 0.3 is 0 Å². The minimum Gasteiger partial charge on any atom is -0.508 e. The third-order valence-electron chi connectivity index (χ3n) is 8.24. The lowest BCUT2D eigenvalue weighted by molar-refractivity contribution is 0.252. The maximum atomic E-state index is 13.9. The van der Waals surface area contributed by atoms with Crippen LogP contribution in [0, 0.1) is 17.7 Å². The molecule has 2 aromatic carbocycles. The van der Waals surface area contributed by atoms with Gasteiger partial charge in [-0.2, -0.15) is 0 Å². The quantitative estimate of drug-likeness (QED) is 0.360. The standard InChI is InChI=1S/C30H36FN3O3S/c31-28-5-1-2-6-30(28)38(36,37)34-20-22-9-7-21(8-10-22)19-33-29-14-11-24-17-25(35)12-13-26(24)27(29)16-23-4-3-15-32-18-23/h1-6,12-13,15,17-18,21-22,27,29,33-35H,7-11,14,16,19-20H2. The van der Waals surface area contributed by atoms with Crippen molar-refractivity contribution in [3.63, 3.8) is 0 Å². The monoisotopic (exact) mass is 537 g/mol. The number of pyridine rings is 1. The second-order valence-corrected chi connectivity index (χ2v) is 12.5. The van der Waals surface area contributed by atoms with Gasteiger partial charge in [0.25, 0.3) is 0 Å². The van der Waals surface area contributed by atoms with E-state index in [1.807, 2.05) is 18.3 Å². The summed E-state index contributed by atoms with van der Waals surface area (Å²) in [5.74, 6) is 0.727. The summed E-state index contributed by atoms with van der Waals surface area (Å²) in [5, 5.41) is 13.9. The summed E-state index contributed by atoms with van der Waals surface area (Å²) in [6.45, 7) is 1.28. The fraction of sp³-hybridized carbons (Fsp3) is 0.433. The fourth-order valence-corrected chi connectivity index (χ4v) is 7.29. The average Bonchev–Trinajstić information content (AvgIpc) is 2.92. The van der Waals surface area contributed by atoms with Crippen LogP contribution in [0.4, 0.5) is 4.39 Å². The number of sulfonamides is 1. The first-order chi connectivity index (χ1) is 18.4. The fourth-order valence-electron chi connectivity index (χ4n) is 6.09. The Kier molecular flexibility index (Phi) is 8.41. The molecule has 0 radical (unpaired) electrons. The number of aromatic nitrogens is 1. The Balaban J connectivity index is 1.15. The molecule has 1 aromatic heterocycles. The van der Waals surface area contributed by atoms with E-state index in [1.54, 1.807) is 12.3 Å². The first-order valence-corrected chi connectivity index (χ1v) is 15.1. The highest BCUT2D eigenvalue weighted by molar-refractivity contribution is 7.89. The summed E-state index contributed by atoms with van der Waals surface area (Å²) >= 11 is 0. The van der Waals surface area contributed by atoms with Gasteiger partial charge in [0.1, 0.15) is 16.5 Å². The molecule has 6 nitrogen and oxygen atoms in total. The second-order valence-electron chi connectivity index (χ2n) is 10.8. The van der Waals surface area contributed by atoms with E-state index in [0.717, 1.165) is 51.5 Å². The van der Waals surface area contributed by atoms with Gasteiger partial charge in [-0.1, -0.05) is 24.3 Å². The first-order valence-electron chi connectivity index (χ1n) is 13.6. The Labute approximate surface area is 224 Å². The number of hydrogen-bond donors (Lipinski definition) is 3. The van der Waals surface area contributed by atoms with Crippen LogP contribution in [0.5, 0.6) is 5.75 Å². The van der Waals surface area contributed by atoms with Gasteiger partial charge in [0.2, 0.25) is 10.0 Å². The van der Waals surface area contributed by atoms with E-state index in [-0.39, 0.29) is 10.8 Å². The second kappa shape index (κ2) is 11.9. The zero-order valence-corrected chi connectivity index (χ0v) is 22.3. The van der Waals surface area contributed by atoms with Crippen LogP contribution in [0.2, 0.25) is 0 Å². The molecule has 38 heavy (non-hydrogen) atoms. The van der Waals surface area contributed by atoms with Crippen LogP contribution in [0.15, 0.2) is 71.9 Å². The maximum Gasteiger partial charge on any atom is 0.243 e. The predicted molar refractivity (Wildman–Crippen MR) is 146 cm³/mol. The highest BCUT2D eigenvalue weighted by atomic mass is 32.2. The summed E-state index contributed by atoms with van der Waals surface area (Å²) in [5.41, 5.74) is 3.75. The molecule has 1 heterocycles. The number of rotatable bonds is 9. The van der Waals surface area contributed by atoms with E-state index >= 15 is 0 Å². The van der Waals surface area contributed by atoms with E-state index in [0.29, 0.717) is 30.2 Å². The maximum absolute atomic E-state index is 13.9. The topological polar surface area (TPSA) is 91.3 Å². The predicted octanol–water partition coefficient (Wildman–Crippen LogP) is 4.94. The number of nitrogens with zero attached hydrogens (tertiary/aromatic N) is 1. The largest absolute Gasteiger partial charge is 0.508 e. The molecule has 0 aliphatic heterocycles. The van der Waals surface area contributed by atoms with Gasteiger partial charge in [-0.25, -0.2) is 17.5 Å². The van der Waals surface area contributed by atoms with Crippen molar-refractivity contribution in [2.75, 3.05) is 13.1 Å². The van der Waals surface area contributed by atoms with Gasteiger partial charge in [0.15, 0.2) is 0 Å². The molecular formula is C30H36FN3O3S. The van der Waals surface area contributed by atoms with Gasteiger partial charge in [-0.3, -0.25) is 4.98 Å².